The van der Waals surface area contributed by atoms with Crippen molar-refractivity contribution in [2.75, 3.05) is 13.2 Å². The van der Waals surface area contributed by atoms with Gasteiger partial charge in [0.2, 0.25) is 5.88 Å². The zero-order chi connectivity index (χ0) is 15.2. The Morgan fingerprint density at radius 3 is 2.43 bits per heavy atom. The maximum atomic E-state index is 9.89. The van der Waals surface area contributed by atoms with Crippen LogP contribution in [0.3, 0.4) is 0 Å². The molecule has 1 aromatic heterocycles. The molecule has 2 aromatic rings. The number of rotatable bonds is 6. The Hall–Kier alpha value is -2.14. The summed E-state index contributed by atoms with van der Waals surface area (Å²) >= 11 is 0. The van der Waals surface area contributed by atoms with Gasteiger partial charge in [-0.3, -0.25) is 0 Å². The molecule has 21 heavy (non-hydrogen) atoms. The predicted octanol–water partition coefficient (Wildman–Crippen LogP) is 2.22. The predicted molar refractivity (Wildman–Crippen MR) is 79.7 cm³/mol. The summed E-state index contributed by atoms with van der Waals surface area (Å²) in [5, 5.41) is 17.8. The van der Waals surface area contributed by atoms with Gasteiger partial charge in [-0.15, -0.1) is 5.10 Å². The Balaban J connectivity index is 1.81. The van der Waals surface area contributed by atoms with E-state index in [1.807, 2.05) is 45.0 Å². The summed E-state index contributed by atoms with van der Waals surface area (Å²) in [4.78, 5) is 0. The SMILES string of the molecule is Cc1ccccc1OC[C@@H](O)COc1cc(C)c(C)nn1. The Labute approximate surface area is 124 Å². The molecule has 5 heteroatoms. The second kappa shape index (κ2) is 7.04. The van der Waals surface area contributed by atoms with Gasteiger partial charge >= 0.3 is 0 Å². The van der Waals surface area contributed by atoms with Crippen molar-refractivity contribution in [3.8, 4) is 11.6 Å². The highest BCUT2D eigenvalue weighted by Crippen LogP contribution is 2.16. The Morgan fingerprint density at radius 2 is 1.71 bits per heavy atom. The van der Waals surface area contributed by atoms with Gasteiger partial charge in [0.1, 0.15) is 25.1 Å². The molecule has 0 saturated heterocycles. The monoisotopic (exact) mass is 288 g/mol. The van der Waals surface area contributed by atoms with Gasteiger partial charge in [-0.25, -0.2) is 0 Å². The maximum Gasteiger partial charge on any atom is 0.233 e. The summed E-state index contributed by atoms with van der Waals surface area (Å²) < 4.78 is 11.0. The summed E-state index contributed by atoms with van der Waals surface area (Å²) in [7, 11) is 0. The number of aliphatic hydroxyl groups is 1. The molecule has 0 unspecified atom stereocenters. The van der Waals surface area contributed by atoms with Gasteiger partial charge in [-0.2, -0.15) is 5.10 Å². The molecule has 1 aromatic carbocycles. The molecule has 2 rings (SSSR count). The van der Waals surface area contributed by atoms with E-state index < -0.39 is 6.10 Å². The lowest BCUT2D eigenvalue weighted by Gasteiger charge is -2.14. The molecule has 0 aliphatic rings. The first-order valence-electron chi connectivity index (χ1n) is 6.86. The average molecular weight is 288 g/mol. The molecule has 0 spiro atoms. The first-order valence-corrected chi connectivity index (χ1v) is 6.86. The molecule has 1 N–H and O–H groups in total. The molecule has 0 aliphatic heterocycles. The van der Waals surface area contributed by atoms with E-state index in [-0.39, 0.29) is 13.2 Å². The van der Waals surface area contributed by atoms with Gasteiger partial charge in [0.25, 0.3) is 0 Å². The molecule has 5 nitrogen and oxygen atoms in total. The first-order chi connectivity index (χ1) is 10.1. The second-order valence-electron chi connectivity index (χ2n) is 4.99. The number of ether oxygens (including phenoxy) is 2. The van der Waals surface area contributed by atoms with Gasteiger partial charge in [0.05, 0.1) is 5.69 Å². The van der Waals surface area contributed by atoms with Crippen LogP contribution in [0.25, 0.3) is 0 Å². The van der Waals surface area contributed by atoms with Crippen molar-refractivity contribution in [1.29, 1.82) is 0 Å². The number of aliphatic hydroxyl groups excluding tert-OH is 1. The van der Waals surface area contributed by atoms with Gasteiger partial charge in [0, 0.05) is 6.07 Å². The summed E-state index contributed by atoms with van der Waals surface area (Å²) in [6, 6.07) is 9.48. The van der Waals surface area contributed by atoms with Crippen LogP contribution < -0.4 is 9.47 Å². The molecule has 0 bridgehead atoms. The lowest BCUT2D eigenvalue weighted by Crippen LogP contribution is -2.25. The van der Waals surface area contributed by atoms with Gasteiger partial charge in [-0.05, 0) is 38.0 Å². The summed E-state index contributed by atoms with van der Waals surface area (Å²) in [6.45, 7) is 6.07. The normalized spacial score (nSPS) is 12.0. The number of para-hydroxylation sites is 1. The van der Waals surface area contributed by atoms with Crippen molar-refractivity contribution in [3.63, 3.8) is 0 Å². The molecule has 112 valence electrons. The standard InChI is InChI=1S/C16H20N2O3/c1-11-6-4-5-7-15(11)20-9-14(19)10-21-16-8-12(2)13(3)17-18-16/h4-8,14,19H,9-10H2,1-3H3/t14-/m1/s1. The van der Waals surface area contributed by atoms with Crippen molar-refractivity contribution in [2.24, 2.45) is 0 Å². The third-order valence-corrected chi connectivity index (χ3v) is 3.16. The van der Waals surface area contributed by atoms with E-state index in [4.69, 9.17) is 9.47 Å². The highest BCUT2D eigenvalue weighted by molar-refractivity contribution is 5.31. The lowest BCUT2D eigenvalue weighted by molar-refractivity contribution is 0.0604. The summed E-state index contributed by atoms with van der Waals surface area (Å²) in [6.07, 6.45) is -0.729. The Kier molecular flexibility index (Phi) is 5.11. The largest absolute Gasteiger partial charge is 0.490 e. The van der Waals surface area contributed by atoms with E-state index in [2.05, 4.69) is 10.2 Å². The summed E-state index contributed by atoms with van der Waals surface area (Å²) in [5.41, 5.74) is 2.90. The van der Waals surface area contributed by atoms with Crippen molar-refractivity contribution in [2.45, 2.75) is 26.9 Å². The van der Waals surface area contributed by atoms with Crippen LogP contribution in [0.4, 0.5) is 0 Å². The van der Waals surface area contributed by atoms with Crippen molar-refractivity contribution < 1.29 is 14.6 Å². The summed E-state index contributed by atoms with van der Waals surface area (Å²) in [5.74, 6) is 1.18. The number of aryl methyl sites for hydroxylation is 3. The van der Waals surface area contributed by atoms with E-state index in [9.17, 15) is 5.11 Å². The van der Waals surface area contributed by atoms with Crippen molar-refractivity contribution in [1.82, 2.24) is 10.2 Å². The van der Waals surface area contributed by atoms with Crippen LogP contribution in [0.2, 0.25) is 0 Å². The minimum atomic E-state index is -0.729. The lowest BCUT2D eigenvalue weighted by atomic mass is 10.2. The number of hydrogen-bond acceptors (Lipinski definition) is 5. The van der Waals surface area contributed by atoms with Gasteiger partial charge in [0.15, 0.2) is 0 Å². The highest BCUT2D eigenvalue weighted by Gasteiger charge is 2.09. The van der Waals surface area contributed by atoms with Crippen LogP contribution >= 0.6 is 0 Å². The number of hydrogen-bond donors (Lipinski definition) is 1. The van der Waals surface area contributed by atoms with Crippen LogP contribution in [-0.4, -0.2) is 34.6 Å². The minimum Gasteiger partial charge on any atom is -0.490 e. The zero-order valence-corrected chi connectivity index (χ0v) is 12.5. The van der Waals surface area contributed by atoms with Crippen LogP contribution in [0.1, 0.15) is 16.8 Å². The molecule has 1 atom stereocenters. The number of aromatic nitrogens is 2. The van der Waals surface area contributed by atoms with Gasteiger partial charge < -0.3 is 14.6 Å². The van der Waals surface area contributed by atoms with Crippen LogP contribution in [0.5, 0.6) is 11.6 Å². The number of nitrogens with zero attached hydrogens (tertiary/aromatic N) is 2. The van der Waals surface area contributed by atoms with E-state index in [1.165, 1.54) is 0 Å². The molecule has 1 heterocycles. The van der Waals surface area contributed by atoms with E-state index in [0.29, 0.717) is 5.88 Å². The minimum absolute atomic E-state index is 0.114. The molecular formula is C16H20N2O3. The Morgan fingerprint density at radius 1 is 1.00 bits per heavy atom. The quantitative estimate of drug-likeness (QED) is 0.883. The Bertz CT molecular complexity index is 602. The average Bonchev–Trinajstić information content (AvgIpc) is 2.47. The smallest absolute Gasteiger partial charge is 0.233 e. The van der Waals surface area contributed by atoms with Crippen LogP contribution in [-0.2, 0) is 0 Å². The molecule has 0 radical (unpaired) electrons. The second-order valence-corrected chi connectivity index (χ2v) is 4.99. The van der Waals surface area contributed by atoms with Crippen molar-refractivity contribution >= 4 is 0 Å². The van der Waals surface area contributed by atoms with Crippen LogP contribution in [0, 0.1) is 20.8 Å². The highest BCUT2D eigenvalue weighted by atomic mass is 16.5. The fraction of sp³-hybridized carbons (Fsp3) is 0.375. The fourth-order valence-electron chi connectivity index (χ4n) is 1.73. The fourth-order valence-corrected chi connectivity index (χ4v) is 1.73. The third kappa shape index (κ3) is 4.43. The molecule has 0 saturated carbocycles. The molecule has 0 fully saturated rings. The maximum absolute atomic E-state index is 9.89. The molecular weight excluding hydrogens is 268 g/mol. The van der Waals surface area contributed by atoms with E-state index in [0.717, 1.165) is 22.6 Å². The van der Waals surface area contributed by atoms with Crippen molar-refractivity contribution in [3.05, 3.63) is 47.2 Å². The third-order valence-electron chi connectivity index (χ3n) is 3.16. The molecule has 0 aliphatic carbocycles. The zero-order valence-electron chi connectivity index (χ0n) is 12.5. The topological polar surface area (TPSA) is 64.5 Å². The van der Waals surface area contributed by atoms with Gasteiger partial charge in [-0.1, -0.05) is 18.2 Å². The van der Waals surface area contributed by atoms with Crippen LogP contribution in [0.15, 0.2) is 30.3 Å². The molecule has 0 amide bonds. The van der Waals surface area contributed by atoms with E-state index >= 15 is 0 Å². The first kappa shape index (κ1) is 15.3. The number of benzene rings is 1. The van der Waals surface area contributed by atoms with E-state index in [1.54, 1.807) is 6.07 Å².